The quantitative estimate of drug-likeness (QED) is 0.464. The van der Waals surface area contributed by atoms with Crippen molar-refractivity contribution in [1.82, 2.24) is 20.3 Å². The molecule has 0 amide bonds. The molecule has 0 bridgehead atoms. The molecule has 4 heterocycles. The first-order valence-corrected chi connectivity index (χ1v) is 11.2. The number of nitrogens with zero attached hydrogens (tertiary/aromatic N) is 4. The van der Waals surface area contributed by atoms with Gasteiger partial charge in [-0.3, -0.25) is 0 Å². The number of aromatic nitrogens is 3. The molecule has 164 valence electrons. The smallest absolute Gasteiger partial charge is 0.318 e. The van der Waals surface area contributed by atoms with Crippen molar-refractivity contribution in [1.29, 1.82) is 0 Å². The number of rotatable bonds is 3. The summed E-state index contributed by atoms with van der Waals surface area (Å²) in [5.41, 5.74) is 6.67. The number of hydrogen-bond acceptors (Lipinski definition) is 8. The molecule has 0 unspecified atom stereocenters. The van der Waals surface area contributed by atoms with E-state index < -0.39 is 11.6 Å². The summed E-state index contributed by atoms with van der Waals surface area (Å²) in [4.78, 5) is 15.0. The molecule has 2 aliphatic rings. The van der Waals surface area contributed by atoms with Gasteiger partial charge in [-0.15, -0.1) is 0 Å². The molecule has 7 nitrogen and oxygen atoms in total. The van der Waals surface area contributed by atoms with Crippen molar-refractivity contribution < 1.29 is 13.5 Å². The molecule has 3 N–H and O–H groups in total. The van der Waals surface area contributed by atoms with Gasteiger partial charge in [-0.05, 0) is 31.2 Å². The van der Waals surface area contributed by atoms with Gasteiger partial charge in [-0.25, -0.2) is 13.8 Å². The number of benzene rings is 2. The molecule has 0 aliphatic carbocycles. The minimum absolute atomic E-state index is 0.0596. The zero-order chi connectivity index (χ0) is 22.2. The normalized spacial score (nSPS) is 17.1. The highest BCUT2D eigenvalue weighted by atomic mass is 35.5. The molecular weight excluding hydrogens is 458 g/mol. The molecule has 2 aliphatic heterocycles. The number of nitrogens with one attached hydrogen (secondary N) is 1. The van der Waals surface area contributed by atoms with Crippen molar-refractivity contribution in [2.75, 3.05) is 37.4 Å². The van der Waals surface area contributed by atoms with E-state index in [0.717, 1.165) is 37.4 Å². The molecule has 2 aromatic heterocycles. The third kappa shape index (κ3) is 2.76. The predicted octanol–water partition coefficient (Wildman–Crippen LogP) is 3.98. The molecule has 6 rings (SSSR count). The number of halogens is 3. The number of hydrogen-bond donors (Lipinski definition) is 2. The fraction of sp³-hybridized carbons (Fsp3) is 0.286. The van der Waals surface area contributed by atoms with E-state index in [0.29, 0.717) is 16.8 Å². The summed E-state index contributed by atoms with van der Waals surface area (Å²) in [5.74, 6) is -0.551. The van der Waals surface area contributed by atoms with Crippen molar-refractivity contribution in [2.24, 2.45) is 0 Å². The zero-order valence-electron chi connectivity index (χ0n) is 16.9. The molecule has 2 saturated heterocycles. The van der Waals surface area contributed by atoms with Gasteiger partial charge in [0.25, 0.3) is 0 Å². The average Bonchev–Trinajstić information content (AvgIpc) is 3.10. The van der Waals surface area contributed by atoms with Gasteiger partial charge in [0.2, 0.25) is 0 Å². The van der Waals surface area contributed by atoms with Crippen LogP contribution in [0.1, 0.15) is 6.42 Å². The minimum atomic E-state index is -0.647. The fourth-order valence-corrected chi connectivity index (χ4v) is 5.57. The molecule has 2 fully saturated rings. The second-order valence-corrected chi connectivity index (χ2v) is 9.55. The van der Waals surface area contributed by atoms with E-state index in [9.17, 15) is 4.39 Å². The van der Waals surface area contributed by atoms with Gasteiger partial charge < -0.3 is 20.7 Å². The molecule has 1 spiro atoms. The van der Waals surface area contributed by atoms with Crippen LogP contribution in [-0.4, -0.2) is 47.2 Å². The molecule has 0 atom stereocenters. The highest BCUT2D eigenvalue weighted by Crippen LogP contribution is 2.44. The minimum Gasteiger partial charge on any atom is -0.467 e. The summed E-state index contributed by atoms with van der Waals surface area (Å²) in [6, 6.07) is 4.42. The Morgan fingerprint density at radius 2 is 2.00 bits per heavy atom. The molecule has 0 saturated carbocycles. The van der Waals surface area contributed by atoms with Gasteiger partial charge in [0.15, 0.2) is 10.9 Å². The Morgan fingerprint density at radius 3 is 2.69 bits per heavy atom. The summed E-state index contributed by atoms with van der Waals surface area (Å²) in [6.45, 7) is 2.53. The number of thiazole rings is 1. The molecule has 2 aromatic carbocycles. The first kappa shape index (κ1) is 19.8. The lowest BCUT2D eigenvalue weighted by molar-refractivity contribution is 0.159. The van der Waals surface area contributed by atoms with E-state index in [4.69, 9.17) is 22.1 Å². The summed E-state index contributed by atoms with van der Waals surface area (Å²) >= 11 is 7.59. The maximum absolute atomic E-state index is 16.0. The van der Waals surface area contributed by atoms with E-state index in [1.807, 2.05) is 0 Å². The van der Waals surface area contributed by atoms with Crippen LogP contribution in [0.3, 0.4) is 0 Å². The van der Waals surface area contributed by atoms with Gasteiger partial charge in [-0.1, -0.05) is 22.9 Å². The number of nitrogens with two attached hydrogens (primary N) is 1. The van der Waals surface area contributed by atoms with E-state index in [1.54, 1.807) is 6.07 Å². The van der Waals surface area contributed by atoms with Crippen LogP contribution in [0, 0.1) is 11.6 Å². The van der Waals surface area contributed by atoms with Crippen LogP contribution >= 0.6 is 22.9 Å². The second kappa shape index (κ2) is 6.84. The van der Waals surface area contributed by atoms with Crippen molar-refractivity contribution in [2.45, 2.75) is 12.0 Å². The Labute approximate surface area is 190 Å². The van der Waals surface area contributed by atoms with Crippen LogP contribution in [0.15, 0.2) is 18.2 Å². The lowest BCUT2D eigenvalue weighted by atomic mass is 9.80. The standard InChI is InChI=1S/C21H17ClF2N6OS/c1-31-20-28-15-10(18(29-20)30-7-21(8-30)4-5-26-21)6-11(22)13(14(15)24)9-2-3-12(23)17-16(9)27-19(25)32-17/h2-3,6,26H,4-5,7-8H2,1H3,(H2,25,27). The van der Waals surface area contributed by atoms with Crippen LogP contribution in [-0.2, 0) is 0 Å². The summed E-state index contributed by atoms with van der Waals surface area (Å²) in [5, 5.41) is 4.28. The van der Waals surface area contributed by atoms with Gasteiger partial charge in [-0.2, -0.15) is 9.97 Å². The molecule has 11 heteroatoms. The van der Waals surface area contributed by atoms with Gasteiger partial charge in [0.1, 0.15) is 17.2 Å². The number of anilines is 2. The Bertz CT molecular complexity index is 1420. The van der Waals surface area contributed by atoms with Gasteiger partial charge in [0.05, 0.1) is 27.9 Å². The number of fused-ring (bicyclic) bond motifs is 2. The van der Waals surface area contributed by atoms with E-state index in [1.165, 1.54) is 19.2 Å². The van der Waals surface area contributed by atoms with E-state index in [2.05, 4.69) is 25.2 Å². The van der Waals surface area contributed by atoms with Crippen molar-refractivity contribution in [3.8, 4) is 17.1 Å². The van der Waals surface area contributed by atoms with E-state index in [-0.39, 0.29) is 43.0 Å². The van der Waals surface area contributed by atoms with Crippen LogP contribution < -0.4 is 20.7 Å². The van der Waals surface area contributed by atoms with Crippen molar-refractivity contribution in [3.05, 3.63) is 34.9 Å². The summed E-state index contributed by atoms with van der Waals surface area (Å²) in [6.07, 6.45) is 1.10. The number of nitrogen functional groups attached to an aromatic ring is 1. The third-order valence-corrected chi connectivity index (χ3v) is 7.39. The average molecular weight is 475 g/mol. The third-order valence-electron chi connectivity index (χ3n) is 6.20. The molecule has 0 radical (unpaired) electrons. The molecular formula is C21H17ClF2N6OS. The van der Waals surface area contributed by atoms with Gasteiger partial charge >= 0.3 is 6.01 Å². The zero-order valence-corrected chi connectivity index (χ0v) is 18.4. The monoisotopic (exact) mass is 474 g/mol. The molecule has 4 aromatic rings. The Morgan fingerprint density at radius 1 is 1.22 bits per heavy atom. The Hall–Kier alpha value is -2.82. The topological polar surface area (TPSA) is 89.2 Å². The van der Waals surface area contributed by atoms with Gasteiger partial charge in [0, 0.05) is 29.6 Å². The van der Waals surface area contributed by atoms with Crippen LogP contribution in [0.5, 0.6) is 6.01 Å². The number of methoxy groups -OCH3 is 1. The fourth-order valence-electron chi connectivity index (χ4n) is 4.52. The SMILES string of the molecule is COc1nc(N2CC3(CCN3)C2)c2cc(Cl)c(-c3ccc(F)c4sc(N)nc34)c(F)c2n1. The lowest BCUT2D eigenvalue weighted by Gasteiger charge is -2.57. The lowest BCUT2D eigenvalue weighted by Crippen LogP contribution is -2.76. The number of ether oxygens (including phenoxy) is 1. The molecule has 32 heavy (non-hydrogen) atoms. The van der Waals surface area contributed by atoms with Crippen molar-refractivity contribution >= 4 is 55.0 Å². The van der Waals surface area contributed by atoms with Crippen LogP contribution in [0.4, 0.5) is 19.7 Å². The first-order valence-electron chi connectivity index (χ1n) is 9.98. The maximum atomic E-state index is 16.0. The highest BCUT2D eigenvalue weighted by Gasteiger charge is 2.48. The predicted molar refractivity (Wildman–Crippen MR) is 122 cm³/mol. The van der Waals surface area contributed by atoms with Crippen LogP contribution in [0.25, 0.3) is 32.2 Å². The maximum Gasteiger partial charge on any atom is 0.318 e. The Balaban J connectivity index is 1.57. The Kier molecular flexibility index (Phi) is 4.24. The van der Waals surface area contributed by atoms with E-state index >= 15 is 4.39 Å². The first-order chi connectivity index (χ1) is 15.4. The summed E-state index contributed by atoms with van der Waals surface area (Å²) in [7, 11) is 1.44. The van der Waals surface area contributed by atoms with Crippen molar-refractivity contribution in [3.63, 3.8) is 0 Å². The van der Waals surface area contributed by atoms with Crippen LogP contribution in [0.2, 0.25) is 5.02 Å². The second-order valence-electron chi connectivity index (χ2n) is 8.12. The summed E-state index contributed by atoms with van der Waals surface area (Å²) < 4.78 is 35.7. The highest BCUT2D eigenvalue weighted by molar-refractivity contribution is 7.22. The largest absolute Gasteiger partial charge is 0.467 e.